The Bertz CT molecular complexity index is 1300. The molecule has 0 saturated carbocycles. The van der Waals surface area contributed by atoms with Crippen molar-refractivity contribution in [2.24, 2.45) is 0 Å². The monoisotopic (exact) mass is 371 g/mol. The summed E-state index contributed by atoms with van der Waals surface area (Å²) in [5.41, 5.74) is -0.371. The predicted octanol–water partition coefficient (Wildman–Crippen LogP) is 1.75. The van der Waals surface area contributed by atoms with Crippen LogP contribution in [0.5, 0.6) is 0 Å². The lowest BCUT2D eigenvalue weighted by Gasteiger charge is -2.05. The van der Waals surface area contributed by atoms with Crippen LogP contribution in [0.4, 0.5) is 4.79 Å². The molecular formula is C16H9N3O8. The molecule has 0 saturated heterocycles. The van der Waals surface area contributed by atoms with Gasteiger partial charge in [-0.25, -0.2) is 24.4 Å². The van der Waals surface area contributed by atoms with E-state index in [0.29, 0.717) is 4.57 Å². The van der Waals surface area contributed by atoms with E-state index in [1.54, 1.807) is 0 Å². The zero-order chi connectivity index (χ0) is 19.5. The first-order valence-corrected chi connectivity index (χ1v) is 7.41. The van der Waals surface area contributed by atoms with Crippen molar-refractivity contribution >= 4 is 50.9 Å². The average Bonchev–Trinajstić information content (AvgIpc) is 3.23. The summed E-state index contributed by atoms with van der Waals surface area (Å²) in [5, 5.41) is 37.5. The van der Waals surface area contributed by atoms with Crippen LogP contribution in [0, 0.1) is 0 Å². The number of carboxylic acids is 2. The molecule has 0 spiro atoms. The van der Waals surface area contributed by atoms with Crippen LogP contribution in [0.2, 0.25) is 0 Å². The van der Waals surface area contributed by atoms with Gasteiger partial charge in [0.15, 0.2) is 5.58 Å². The second-order valence-corrected chi connectivity index (χ2v) is 5.58. The number of hydrogen-bond donors (Lipinski definition) is 4. The summed E-state index contributed by atoms with van der Waals surface area (Å²) in [5.74, 6) is -3.61. The molecule has 11 heteroatoms. The van der Waals surface area contributed by atoms with Gasteiger partial charge in [-0.05, 0) is 12.1 Å². The molecule has 136 valence electrons. The van der Waals surface area contributed by atoms with Crippen molar-refractivity contribution in [3.8, 4) is 0 Å². The standard InChI is InChI=1S/C16H9N3O8/c20-4-5-1-2-6-9(17-5)10-12(27-13(18-10)15(23)24)8-7(14(21)22)3-19(11(6)8)16(25)26/h1-3,20H,4H2,(H,21,22)(H,23,24)(H,25,26). The van der Waals surface area contributed by atoms with Crippen molar-refractivity contribution in [2.45, 2.75) is 6.61 Å². The molecule has 0 atom stereocenters. The Morgan fingerprint density at radius 1 is 1.04 bits per heavy atom. The molecule has 3 heterocycles. The Balaban J connectivity index is 2.36. The summed E-state index contributed by atoms with van der Waals surface area (Å²) in [6, 6.07) is 2.89. The van der Waals surface area contributed by atoms with Gasteiger partial charge in [0.1, 0.15) is 11.0 Å². The lowest BCUT2D eigenvalue weighted by Crippen LogP contribution is -2.06. The van der Waals surface area contributed by atoms with E-state index < -0.39 is 36.1 Å². The van der Waals surface area contributed by atoms with Crippen molar-refractivity contribution in [3.63, 3.8) is 0 Å². The third-order valence-electron chi connectivity index (χ3n) is 4.07. The van der Waals surface area contributed by atoms with Gasteiger partial charge in [0.25, 0.3) is 0 Å². The first-order valence-electron chi connectivity index (χ1n) is 7.41. The van der Waals surface area contributed by atoms with Crippen molar-refractivity contribution < 1.29 is 39.2 Å². The largest absolute Gasteiger partial charge is 0.478 e. The van der Waals surface area contributed by atoms with E-state index in [1.165, 1.54) is 12.1 Å². The summed E-state index contributed by atoms with van der Waals surface area (Å²) in [6.07, 6.45) is -0.547. The summed E-state index contributed by atoms with van der Waals surface area (Å²) in [7, 11) is 0. The van der Waals surface area contributed by atoms with Gasteiger partial charge in [-0.15, -0.1) is 0 Å². The van der Waals surface area contributed by atoms with E-state index in [2.05, 4.69) is 9.97 Å². The minimum absolute atomic E-state index is 0.0347. The van der Waals surface area contributed by atoms with Crippen molar-refractivity contribution in [1.82, 2.24) is 14.5 Å². The van der Waals surface area contributed by atoms with Crippen LogP contribution in [-0.2, 0) is 6.61 Å². The lowest BCUT2D eigenvalue weighted by molar-refractivity contribution is 0.0654. The Hall–Kier alpha value is -3.99. The second kappa shape index (κ2) is 5.51. The van der Waals surface area contributed by atoms with Crippen LogP contribution in [0.3, 0.4) is 0 Å². The maximum atomic E-state index is 11.6. The van der Waals surface area contributed by atoms with Crippen LogP contribution in [0.25, 0.3) is 32.9 Å². The van der Waals surface area contributed by atoms with Gasteiger partial charge in [-0.2, -0.15) is 0 Å². The zero-order valence-corrected chi connectivity index (χ0v) is 13.2. The van der Waals surface area contributed by atoms with E-state index in [4.69, 9.17) is 4.42 Å². The number of carbonyl (C=O) groups is 3. The normalized spacial score (nSPS) is 11.4. The van der Waals surface area contributed by atoms with Crippen molar-refractivity contribution in [2.75, 3.05) is 0 Å². The van der Waals surface area contributed by atoms with Gasteiger partial charge in [-0.3, -0.25) is 4.57 Å². The molecule has 0 aliphatic heterocycles. The molecule has 0 fully saturated rings. The molecule has 0 amide bonds. The fourth-order valence-corrected chi connectivity index (χ4v) is 3.01. The number of hydrogen-bond acceptors (Lipinski definition) is 7. The molecule has 0 radical (unpaired) electrons. The van der Waals surface area contributed by atoms with E-state index in [1.807, 2.05) is 0 Å². The highest BCUT2D eigenvalue weighted by atomic mass is 16.4. The number of aromatic nitrogens is 3. The molecule has 4 aromatic rings. The summed E-state index contributed by atoms with van der Waals surface area (Å²) >= 11 is 0. The molecule has 3 aromatic heterocycles. The number of oxazole rings is 1. The summed E-state index contributed by atoms with van der Waals surface area (Å²) < 4.78 is 5.92. The van der Waals surface area contributed by atoms with E-state index >= 15 is 0 Å². The van der Waals surface area contributed by atoms with Gasteiger partial charge in [0, 0.05) is 11.6 Å². The third kappa shape index (κ3) is 2.22. The second-order valence-electron chi connectivity index (χ2n) is 5.58. The fourth-order valence-electron chi connectivity index (χ4n) is 3.01. The molecule has 0 aliphatic rings. The highest BCUT2D eigenvalue weighted by Crippen LogP contribution is 2.37. The number of aliphatic hydroxyl groups excluding tert-OH is 1. The maximum absolute atomic E-state index is 11.6. The molecular weight excluding hydrogens is 362 g/mol. The first-order chi connectivity index (χ1) is 12.8. The molecule has 0 bridgehead atoms. The number of aliphatic hydroxyl groups is 1. The summed E-state index contributed by atoms with van der Waals surface area (Å²) in [4.78, 5) is 42.6. The Labute approximate surface area is 147 Å². The zero-order valence-electron chi connectivity index (χ0n) is 13.2. The highest BCUT2D eigenvalue weighted by Gasteiger charge is 2.27. The molecule has 4 rings (SSSR count). The minimum atomic E-state index is -1.49. The number of benzene rings is 1. The van der Waals surface area contributed by atoms with Crippen LogP contribution < -0.4 is 0 Å². The minimum Gasteiger partial charge on any atom is -0.478 e. The van der Waals surface area contributed by atoms with Crippen LogP contribution in [-0.4, -0.2) is 53.0 Å². The third-order valence-corrected chi connectivity index (χ3v) is 4.07. The first kappa shape index (κ1) is 16.5. The molecule has 0 aliphatic carbocycles. The molecule has 0 unspecified atom stereocenters. The fraction of sp³-hybridized carbons (Fsp3) is 0.0625. The number of rotatable bonds is 3. The van der Waals surface area contributed by atoms with Crippen molar-refractivity contribution in [1.29, 1.82) is 0 Å². The number of pyridine rings is 1. The van der Waals surface area contributed by atoms with Gasteiger partial charge in [-0.1, -0.05) is 0 Å². The van der Waals surface area contributed by atoms with Gasteiger partial charge < -0.3 is 24.8 Å². The quantitative estimate of drug-likeness (QED) is 0.415. The van der Waals surface area contributed by atoms with E-state index in [0.717, 1.165) is 6.20 Å². The molecule has 4 N–H and O–H groups in total. The Kier molecular flexibility index (Phi) is 3.36. The number of aromatic carboxylic acids is 2. The number of fused-ring (bicyclic) bond motifs is 6. The Morgan fingerprint density at radius 2 is 1.78 bits per heavy atom. The maximum Gasteiger partial charge on any atom is 0.416 e. The molecule has 27 heavy (non-hydrogen) atoms. The Morgan fingerprint density at radius 3 is 2.37 bits per heavy atom. The number of carboxylic acid groups (broad SMARTS) is 3. The van der Waals surface area contributed by atoms with Crippen LogP contribution >= 0.6 is 0 Å². The molecule has 11 nitrogen and oxygen atoms in total. The van der Waals surface area contributed by atoms with Gasteiger partial charge in [0.05, 0.1) is 28.8 Å². The van der Waals surface area contributed by atoms with Crippen LogP contribution in [0.1, 0.15) is 26.7 Å². The van der Waals surface area contributed by atoms with E-state index in [9.17, 15) is 34.8 Å². The predicted molar refractivity (Wildman–Crippen MR) is 88.1 cm³/mol. The average molecular weight is 371 g/mol. The van der Waals surface area contributed by atoms with Crippen LogP contribution in [0.15, 0.2) is 22.7 Å². The SMILES string of the molecule is O=C(O)c1nc2c3nc(CO)ccc3c3c(c(C(=O)O)cn3C(=O)O)c2o1. The molecule has 1 aromatic carbocycles. The lowest BCUT2D eigenvalue weighted by atomic mass is 10.1. The van der Waals surface area contributed by atoms with Gasteiger partial charge in [0.2, 0.25) is 0 Å². The van der Waals surface area contributed by atoms with Gasteiger partial charge >= 0.3 is 23.9 Å². The smallest absolute Gasteiger partial charge is 0.416 e. The van der Waals surface area contributed by atoms with Crippen molar-refractivity contribution in [3.05, 3.63) is 35.5 Å². The summed E-state index contributed by atoms with van der Waals surface area (Å²) in [6.45, 7) is -0.417. The highest BCUT2D eigenvalue weighted by molar-refractivity contribution is 6.26. The van der Waals surface area contributed by atoms with E-state index in [-0.39, 0.29) is 38.6 Å². The topological polar surface area (TPSA) is 176 Å². The number of nitrogens with zero attached hydrogens (tertiary/aromatic N) is 3.